The molecule has 1 aliphatic heterocycles. The third kappa shape index (κ3) is 3.71. The van der Waals surface area contributed by atoms with Crippen LogP contribution in [0.15, 0.2) is 11.6 Å². The highest BCUT2D eigenvalue weighted by atomic mass is 16.6. The van der Waals surface area contributed by atoms with E-state index in [2.05, 4.69) is 0 Å². The molecule has 0 aromatic carbocycles. The summed E-state index contributed by atoms with van der Waals surface area (Å²) in [5.41, 5.74) is 0.0770. The van der Waals surface area contributed by atoms with Gasteiger partial charge < -0.3 is 14.6 Å². The lowest BCUT2D eigenvalue weighted by atomic mass is 10.3. The molecule has 0 saturated carbocycles. The van der Waals surface area contributed by atoms with Crippen LogP contribution in [0.5, 0.6) is 0 Å². The van der Waals surface area contributed by atoms with Crippen molar-refractivity contribution in [3.63, 3.8) is 0 Å². The molecule has 5 nitrogen and oxygen atoms in total. The van der Waals surface area contributed by atoms with Gasteiger partial charge in [-0.3, -0.25) is 0 Å². The topological polar surface area (TPSA) is 76.1 Å². The monoisotopic (exact) mass is 186 g/mol. The van der Waals surface area contributed by atoms with Crippen LogP contribution in [0.2, 0.25) is 0 Å². The van der Waals surface area contributed by atoms with Crippen LogP contribution in [0.25, 0.3) is 0 Å². The van der Waals surface area contributed by atoms with Gasteiger partial charge in [0.05, 0.1) is 6.61 Å². The maximum atomic E-state index is 11.0. The molecule has 5 heteroatoms. The molecule has 1 fully saturated rings. The lowest BCUT2D eigenvalue weighted by molar-refractivity contribution is -0.140. The standard InChI is InChI=1S/C8H10O5/c1-5(2-7(9)10)8(11)13-4-6-3-12-6/h2,6H,3-4H2,1H3,(H,9,10). The number of carbonyl (C=O) groups is 2. The summed E-state index contributed by atoms with van der Waals surface area (Å²) in [5, 5.41) is 8.31. The van der Waals surface area contributed by atoms with Crippen LogP contribution in [0.3, 0.4) is 0 Å². The molecule has 0 aromatic heterocycles. The number of ether oxygens (including phenoxy) is 2. The number of carboxylic acid groups (broad SMARTS) is 1. The summed E-state index contributed by atoms with van der Waals surface area (Å²) in [7, 11) is 0. The molecule has 1 saturated heterocycles. The highest BCUT2D eigenvalue weighted by Crippen LogP contribution is 2.09. The predicted molar refractivity (Wildman–Crippen MR) is 42.1 cm³/mol. The van der Waals surface area contributed by atoms with Crippen molar-refractivity contribution in [2.75, 3.05) is 13.2 Å². The Balaban J connectivity index is 2.32. The molecule has 13 heavy (non-hydrogen) atoms. The van der Waals surface area contributed by atoms with Crippen molar-refractivity contribution >= 4 is 11.9 Å². The number of hydrogen-bond acceptors (Lipinski definition) is 4. The first-order chi connectivity index (χ1) is 6.09. The van der Waals surface area contributed by atoms with Gasteiger partial charge in [0.1, 0.15) is 12.7 Å². The Bertz CT molecular complexity index is 251. The number of esters is 1. The Morgan fingerprint density at radius 3 is 2.77 bits per heavy atom. The van der Waals surface area contributed by atoms with E-state index in [-0.39, 0.29) is 18.3 Å². The van der Waals surface area contributed by atoms with Crippen molar-refractivity contribution in [1.82, 2.24) is 0 Å². The van der Waals surface area contributed by atoms with Crippen LogP contribution in [0, 0.1) is 0 Å². The summed E-state index contributed by atoms with van der Waals surface area (Å²) in [4.78, 5) is 21.2. The number of aliphatic carboxylic acids is 1. The Hall–Kier alpha value is -1.36. The molecule has 0 spiro atoms. The van der Waals surface area contributed by atoms with Crippen LogP contribution in [0.4, 0.5) is 0 Å². The smallest absolute Gasteiger partial charge is 0.334 e. The second-order valence-corrected chi connectivity index (χ2v) is 2.72. The van der Waals surface area contributed by atoms with E-state index < -0.39 is 11.9 Å². The number of carbonyl (C=O) groups excluding carboxylic acids is 1. The van der Waals surface area contributed by atoms with E-state index in [4.69, 9.17) is 14.6 Å². The van der Waals surface area contributed by atoms with E-state index in [0.717, 1.165) is 6.08 Å². The number of rotatable bonds is 4. The average molecular weight is 186 g/mol. The van der Waals surface area contributed by atoms with Gasteiger partial charge in [0.15, 0.2) is 0 Å². The average Bonchev–Trinajstić information content (AvgIpc) is 2.81. The summed E-state index contributed by atoms with van der Waals surface area (Å²) in [5.74, 6) is -1.77. The van der Waals surface area contributed by atoms with Gasteiger partial charge >= 0.3 is 11.9 Å². The third-order valence-corrected chi connectivity index (χ3v) is 1.46. The van der Waals surface area contributed by atoms with Gasteiger partial charge in [-0.1, -0.05) is 0 Å². The second kappa shape index (κ2) is 4.04. The van der Waals surface area contributed by atoms with Gasteiger partial charge in [-0.2, -0.15) is 0 Å². The minimum atomic E-state index is -1.16. The second-order valence-electron chi connectivity index (χ2n) is 2.72. The molecule has 72 valence electrons. The number of epoxide rings is 1. The fourth-order valence-corrected chi connectivity index (χ4v) is 0.691. The minimum Gasteiger partial charge on any atom is -0.478 e. The van der Waals surface area contributed by atoms with Crippen molar-refractivity contribution in [3.8, 4) is 0 Å². The molecule has 0 bridgehead atoms. The van der Waals surface area contributed by atoms with Crippen LogP contribution >= 0.6 is 0 Å². The molecular formula is C8H10O5. The summed E-state index contributed by atoms with van der Waals surface area (Å²) < 4.78 is 9.54. The highest BCUT2D eigenvalue weighted by molar-refractivity contribution is 5.95. The first kappa shape index (κ1) is 9.73. The SMILES string of the molecule is CC(=CC(=O)O)C(=O)OCC1CO1. The van der Waals surface area contributed by atoms with E-state index in [1.807, 2.05) is 0 Å². The molecule has 1 rings (SSSR count). The molecule has 0 radical (unpaired) electrons. The fourth-order valence-electron chi connectivity index (χ4n) is 0.691. The maximum absolute atomic E-state index is 11.0. The molecule has 0 amide bonds. The molecule has 0 aliphatic carbocycles. The molecular weight excluding hydrogens is 176 g/mol. The van der Waals surface area contributed by atoms with Crippen molar-refractivity contribution in [2.45, 2.75) is 13.0 Å². The van der Waals surface area contributed by atoms with E-state index in [0.29, 0.717) is 6.61 Å². The summed E-state index contributed by atoms with van der Waals surface area (Å²) in [6, 6.07) is 0. The van der Waals surface area contributed by atoms with Gasteiger partial charge in [-0.05, 0) is 6.92 Å². The zero-order valence-corrected chi connectivity index (χ0v) is 7.15. The molecule has 1 atom stereocenters. The first-order valence-electron chi connectivity index (χ1n) is 3.79. The van der Waals surface area contributed by atoms with Crippen LogP contribution in [-0.2, 0) is 19.1 Å². The fraction of sp³-hybridized carbons (Fsp3) is 0.500. The van der Waals surface area contributed by atoms with E-state index in [1.54, 1.807) is 0 Å². The first-order valence-corrected chi connectivity index (χ1v) is 3.79. The van der Waals surface area contributed by atoms with Gasteiger partial charge in [0.25, 0.3) is 0 Å². The van der Waals surface area contributed by atoms with Crippen molar-refractivity contribution < 1.29 is 24.2 Å². The normalized spacial score (nSPS) is 21.0. The van der Waals surface area contributed by atoms with E-state index >= 15 is 0 Å². The van der Waals surface area contributed by atoms with Gasteiger partial charge in [-0.25, -0.2) is 9.59 Å². The zero-order chi connectivity index (χ0) is 9.84. The molecule has 1 N–H and O–H groups in total. The largest absolute Gasteiger partial charge is 0.478 e. The van der Waals surface area contributed by atoms with Gasteiger partial charge in [0.2, 0.25) is 0 Å². The number of hydrogen-bond donors (Lipinski definition) is 1. The zero-order valence-electron chi connectivity index (χ0n) is 7.15. The summed E-state index contributed by atoms with van der Waals surface area (Å²) >= 11 is 0. The van der Waals surface area contributed by atoms with Crippen molar-refractivity contribution in [3.05, 3.63) is 11.6 Å². The van der Waals surface area contributed by atoms with Gasteiger partial charge in [0, 0.05) is 11.6 Å². The van der Waals surface area contributed by atoms with E-state index in [1.165, 1.54) is 6.92 Å². The van der Waals surface area contributed by atoms with Crippen LogP contribution in [0.1, 0.15) is 6.92 Å². The molecule has 0 aromatic rings. The predicted octanol–water partition coefficient (Wildman–Crippen LogP) is -0.0407. The van der Waals surface area contributed by atoms with Crippen LogP contribution < -0.4 is 0 Å². The van der Waals surface area contributed by atoms with Gasteiger partial charge in [-0.15, -0.1) is 0 Å². The lowest BCUT2D eigenvalue weighted by Crippen LogP contribution is -2.11. The quantitative estimate of drug-likeness (QED) is 0.378. The van der Waals surface area contributed by atoms with Crippen LogP contribution in [-0.4, -0.2) is 36.4 Å². The summed E-state index contributed by atoms with van der Waals surface area (Å²) in [6.45, 7) is 2.20. The molecule has 1 unspecified atom stereocenters. The third-order valence-electron chi connectivity index (χ3n) is 1.46. The maximum Gasteiger partial charge on any atom is 0.334 e. The Morgan fingerprint density at radius 1 is 1.69 bits per heavy atom. The lowest BCUT2D eigenvalue weighted by Gasteiger charge is -2.00. The highest BCUT2D eigenvalue weighted by Gasteiger charge is 2.24. The van der Waals surface area contributed by atoms with Crippen molar-refractivity contribution in [1.29, 1.82) is 0 Å². The number of carboxylic acids is 1. The Kier molecular flexibility index (Phi) is 3.02. The van der Waals surface area contributed by atoms with E-state index in [9.17, 15) is 9.59 Å². The summed E-state index contributed by atoms with van der Waals surface area (Å²) in [6.07, 6.45) is 0.817. The minimum absolute atomic E-state index is 0.00146. The Labute approximate surface area is 74.9 Å². The van der Waals surface area contributed by atoms with Crippen molar-refractivity contribution in [2.24, 2.45) is 0 Å². The molecule has 1 aliphatic rings. The Morgan fingerprint density at radius 2 is 2.31 bits per heavy atom. The molecule has 1 heterocycles.